The smallest absolute Gasteiger partial charge is 0.243 e. The van der Waals surface area contributed by atoms with E-state index in [9.17, 15) is 8.42 Å². The van der Waals surface area contributed by atoms with Gasteiger partial charge >= 0.3 is 0 Å². The maximum absolute atomic E-state index is 12.5. The number of rotatable bonds is 4. The maximum Gasteiger partial charge on any atom is 0.243 e. The van der Waals surface area contributed by atoms with E-state index in [4.69, 9.17) is 0 Å². The Bertz CT molecular complexity index is 524. The van der Waals surface area contributed by atoms with Gasteiger partial charge in [0.2, 0.25) is 10.0 Å². The van der Waals surface area contributed by atoms with Crippen molar-refractivity contribution in [3.05, 3.63) is 28.7 Å². The lowest BCUT2D eigenvalue weighted by Crippen LogP contribution is -2.40. The Kier molecular flexibility index (Phi) is 6.26. The van der Waals surface area contributed by atoms with Crippen LogP contribution >= 0.6 is 28.3 Å². The Hall–Kier alpha value is -0.140. The SMILES string of the molecule is CNCC1CCCN1S(=O)(=O)c1cccc(Br)c1.Cl. The highest BCUT2D eigenvalue weighted by Crippen LogP contribution is 2.27. The molecule has 0 spiro atoms. The number of nitrogens with one attached hydrogen (secondary N) is 1. The van der Waals surface area contributed by atoms with Gasteiger partial charge in [-0.15, -0.1) is 12.4 Å². The molecule has 7 heteroatoms. The van der Waals surface area contributed by atoms with Crippen LogP contribution < -0.4 is 5.32 Å². The predicted octanol–water partition coefficient (Wildman–Crippen LogP) is 2.24. The van der Waals surface area contributed by atoms with Crippen molar-refractivity contribution >= 4 is 38.4 Å². The molecule has 1 saturated heterocycles. The quantitative estimate of drug-likeness (QED) is 0.885. The maximum atomic E-state index is 12.5. The summed E-state index contributed by atoms with van der Waals surface area (Å²) < 4.78 is 27.5. The number of benzene rings is 1. The second-order valence-corrected chi connectivity index (χ2v) is 7.23. The molecule has 1 unspecified atom stereocenters. The van der Waals surface area contributed by atoms with Crippen LogP contribution in [0.4, 0.5) is 0 Å². The molecule has 1 heterocycles. The van der Waals surface area contributed by atoms with Crippen molar-refractivity contribution in [1.82, 2.24) is 9.62 Å². The van der Waals surface area contributed by atoms with Crippen LogP contribution in [0.1, 0.15) is 12.8 Å². The van der Waals surface area contributed by atoms with E-state index in [2.05, 4.69) is 21.2 Å². The molecule has 0 aromatic heterocycles. The highest BCUT2D eigenvalue weighted by Gasteiger charge is 2.34. The standard InChI is InChI=1S/C12H17BrN2O2S.ClH/c1-14-9-11-5-3-7-15(11)18(16,17)12-6-2-4-10(13)8-12;/h2,4,6,8,11,14H,3,5,7,9H2,1H3;1H. The molecule has 1 aliphatic heterocycles. The van der Waals surface area contributed by atoms with E-state index >= 15 is 0 Å². The molecule has 0 radical (unpaired) electrons. The number of hydrogen-bond donors (Lipinski definition) is 1. The van der Waals surface area contributed by atoms with E-state index < -0.39 is 10.0 Å². The Balaban J connectivity index is 0.00000180. The molecule has 19 heavy (non-hydrogen) atoms. The number of sulfonamides is 1. The molecule has 0 bridgehead atoms. The monoisotopic (exact) mass is 368 g/mol. The van der Waals surface area contributed by atoms with Crippen molar-refractivity contribution in [3.8, 4) is 0 Å². The predicted molar refractivity (Wildman–Crippen MR) is 82.2 cm³/mol. The zero-order chi connectivity index (χ0) is 13.2. The molecule has 1 aromatic carbocycles. The molecule has 4 nitrogen and oxygen atoms in total. The topological polar surface area (TPSA) is 49.4 Å². The minimum Gasteiger partial charge on any atom is -0.318 e. The van der Waals surface area contributed by atoms with E-state index in [0.29, 0.717) is 18.0 Å². The number of halogens is 2. The summed E-state index contributed by atoms with van der Waals surface area (Å²) in [5, 5.41) is 3.06. The van der Waals surface area contributed by atoms with Crippen LogP contribution in [0.2, 0.25) is 0 Å². The average molecular weight is 370 g/mol. The summed E-state index contributed by atoms with van der Waals surface area (Å²) in [6.45, 7) is 1.31. The van der Waals surface area contributed by atoms with Crippen molar-refractivity contribution in [2.24, 2.45) is 0 Å². The second-order valence-electron chi connectivity index (χ2n) is 4.43. The van der Waals surface area contributed by atoms with Crippen molar-refractivity contribution in [2.75, 3.05) is 20.1 Å². The third kappa shape index (κ3) is 3.70. The van der Waals surface area contributed by atoms with Crippen LogP contribution in [0.5, 0.6) is 0 Å². The van der Waals surface area contributed by atoms with Crippen molar-refractivity contribution < 1.29 is 8.42 Å². The van der Waals surface area contributed by atoms with Crippen LogP contribution in [0.25, 0.3) is 0 Å². The molecule has 1 aliphatic rings. The lowest BCUT2D eigenvalue weighted by Gasteiger charge is -2.23. The molecule has 0 saturated carbocycles. The molecule has 1 atom stereocenters. The Morgan fingerprint density at radius 3 is 2.84 bits per heavy atom. The minimum absolute atomic E-state index is 0. The zero-order valence-electron chi connectivity index (χ0n) is 10.7. The lowest BCUT2D eigenvalue weighted by atomic mass is 10.2. The van der Waals surface area contributed by atoms with Gasteiger partial charge in [0.25, 0.3) is 0 Å². The van der Waals surface area contributed by atoms with Gasteiger partial charge in [-0.3, -0.25) is 0 Å². The van der Waals surface area contributed by atoms with Crippen molar-refractivity contribution in [1.29, 1.82) is 0 Å². The summed E-state index contributed by atoms with van der Waals surface area (Å²) >= 11 is 3.31. The van der Waals surface area contributed by atoms with Crippen LogP contribution in [0.3, 0.4) is 0 Å². The van der Waals surface area contributed by atoms with Crippen molar-refractivity contribution in [2.45, 2.75) is 23.8 Å². The summed E-state index contributed by atoms with van der Waals surface area (Å²) in [5.74, 6) is 0. The molecule has 1 aromatic rings. The molecular formula is C12H18BrClN2O2S. The fraction of sp³-hybridized carbons (Fsp3) is 0.500. The van der Waals surface area contributed by atoms with Gasteiger partial charge in [0.05, 0.1) is 4.90 Å². The Morgan fingerprint density at radius 2 is 2.21 bits per heavy atom. The van der Waals surface area contributed by atoms with Gasteiger partial charge in [-0.05, 0) is 38.1 Å². The molecule has 1 fully saturated rings. The molecular weight excluding hydrogens is 352 g/mol. The molecule has 2 rings (SSSR count). The lowest BCUT2D eigenvalue weighted by molar-refractivity contribution is 0.379. The van der Waals surface area contributed by atoms with Crippen LogP contribution in [0.15, 0.2) is 33.6 Å². The van der Waals surface area contributed by atoms with E-state index in [1.165, 1.54) is 0 Å². The first kappa shape index (κ1) is 16.9. The molecule has 0 aliphatic carbocycles. The summed E-state index contributed by atoms with van der Waals surface area (Å²) in [6, 6.07) is 6.95. The Labute approximate surface area is 129 Å². The minimum atomic E-state index is -3.37. The first-order chi connectivity index (χ1) is 8.55. The van der Waals surface area contributed by atoms with Gasteiger partial charge in [0.1, 0.15) is 0 Å². The highest BCUT2D eigenvalue weighted by molar-refractivity contribution is 9.10. The third-order valence-corrected chi connectivity index (χ3v) is 5.61. The Morgan fingerprint density at radius 1 is 1.47 bits per heavy atom. The van der Waals surface area contributed by atoms with Crippen molar-refractivity contribution in [3.63, 3.8) is 0 Å². The number of likely N-dealkylation sites (N-methyl/N-ethyl adjacent to an activating group) is 1. The van der Waals surface area contributed by atoms with Crippen LogP contribution in [-0.4, -0.2) is 38.9 Å². The number of nitrogens with zero attached hydrogens (tertiary/aromatic N) is 1. The first-order valence-corrected chi connectivity index (χ1v) is 8.21. The van der Waals surface area contributed by atoms with Crippen LogP contribution in [0, 0.1) is 0 Å². The van der Waals surface area contributed by atoms with Gasteiger partial charge in [0, 0.05) is 23.6 Å². The summed E-state index contributed by atoms with van der Waals surface area (Å²) in [5.41, 5.74) is 0. The van der Waals surface area contributed by atoms with Gasteiger partial charge < -0.3 is 5.32 Å². The summed E-state index contributed by atoms with van der Waals surface area (Å²) in [6.07, 6.45) is 1.85. The van der Waals surface area contributed by atoms with Gasteiger partial charge in [-0.1, -0.05) is 22.0 Å². The normalized spacial score (nSPS) is 20.2. The average Bonchev–Trinajstić information content (AvgIpc) is 2.78. The molecule has 0 amide bonds. The fourth-order valence-electron chi connectivity index (χ4n) is 2.33. The van der Waals surface area contributed by atoms with Crippen LogP contribution in [-0.2, 0) is 10.0 Å². The van der Waals surface area contributed by atoms with Gasteiger partial charge in [-0.2, -0.15) is 4.31 Å². The van der Waals surface area contributed by atoms with E-state index in [1.807, 2.05) is 13.1 Å². The van der Waals surface area contributed by atoms with Gasteiger partial charge in [-0.25, -0.2) is 8.42 Å². The van der Waals surface area contributed by atoms with E-state index in [1.54, 1.807) is 22.5 Å². The molecule has 108 valence electrons. The molecule has 1 N–H and O–H groups in total. The first-order valence-electron chi connectivity index (χ1n) is 5.97. The highest BCUT2D eigenvalue weighted by atomic mass is 79.9. The summed E-state index contributed by atoms with van der Waals surface area (Å²) in [7, 11) is -1.52. The summed E-state index contributed by atoms with van der Waals surface area (Å²) in [4.78, 5) is 0.361. The number of hydrogen-bond acceptors (Lipinski definition) is 3. The third-order valence-electron chi connectivity index (χ3n) is 3.17. The van der Waals surface area contributed by atoms with Gasteiger partial charge in [0.15, 0.2) is 0 Å². The fourth-order valence-corrected chi connectivity index (χ4v) is 4.62. The van der Waals surface area contributed by atoms with E-state index in [-0.39, 0.29) is 18.4 Å². The zero-order valence-corrected chi connectivity index (χ0v) is 13.9. The van der Waals surface area contributed by atoms with E-state index in [0.717, 1.165) is 17.3 Å². The second kappa shape index (κ2) is 7.04. The largest absolute Gasteiger partial charge is 0.318 e.